The molecule has 0 saturated carbocycles. The molecule has 1 heterocycles. The number of rotatable bonds is 2. The Kier molecular flexibility index (Phi) is 2.42. The lowest BCUT2D eigenvalue weighted by Gasteiger charge is -2.05. The average molecular weight is 206 g/mol. The van der Waals surface area contributed by atoms with Crippen molar-refractivity contribution >= 4 is 28.4 Å². The fourth-order valence-corrected chi connectivity index (χ4v) is 2.37. The summed E-state index contributed by atoms with van der Waals surface area (Å²) < 4.78 is 2.21. The molecule has 1 aromatic carbocycles. The van der Waals surface area contributed by atoms with Crippen molar-refractivity contribution in [2.24, 2.45) is 0 Å². The smallest absolute Gasteiger partial charge is 0.0512 e. The molecule has 14 heavy (non-hydrogen) atoms. The first-order valence-corrected chi connectivity index (χ1v) is 5.91. The van der Waals surface area contributed by atoms with Crippen LogP contribution in [0.5, 0.6) is 0 Å². The van der Waals surface area contributed by atoms with E-state index >= 15 is 0 Å². The summed E-state index contributed by atoms with van der Waals surface area (Å²) >= 11 is 1.74. The van der Waals surface area contributed by atoms with Crippen molar-refractivity contribution in [3.05, 3.63) is 24.4 Å². The van der Waals surface area contributed by atoms with E-state index < -0.39 is 0 Å². The Hall–Kier alpha value is -1.09. The Morgan fingerprint density at radius 1 is 1.43 bits per heavy atom. The zero-order chi connectivity index (χ0) is 10.1. The van der Waals surface area contributed by atoms with Gasteiger partial charge in [0.25, 0.3) is 0 Å². The van der Waals surface area contributed by atoms with Crippen LogP contribution in [0.4, 0.5) is 5.69 Å². The monoisotopic (exact) mass is 206 g/mol. The second-order valence-electron chi connectivity index (χ2n) is 3.26. The lowest BCUT2D eigenvalue weighted by atomic mass is 10.2. The molecule has 0 spiro atoms. The Bertz CT molecular complexity index is 460. The van der Waals surface area contributed by atoms with Crippen molar-refractivity contribution < 1.29 is 0 Å². The van der Waals surface area contributed by atoms with Crippen molar-refractivity contribution in [2.45, 2.75) is 18.4 Å². The van der Waals surface area contributed by atoms with E-state index in [9.17, 15) is 0 Å². The van der Waals surface area contributed by atoms with Crippen LogP contribution in [0, 0.1) is 0 Å². The van der Waals surface area contributed by atoms with Crippen molar-refractivity contribution in [2.75, 3.05) is 12.0 Å². The van der Waals surface area contributed by atoms with E-state index in [1.54, 1.807) is 11.8 Å². The molecule has 0 unspecified atom stereocenters. The minimum Gasteiger partial charge on any atom is -0.399 e. The van der Waals surface area contributed by atoms with Gasteiger partial charge in [-0.1, -0.05) is 0 Å². The SMILES string of the molecule is CCn1ccc2c(SC)cc(N)cc21. The average Bonchev–Trinajstić information content (AvgIpc) is 2.59. The van der Waals surface area contributed by atoms with Crippen LogP contribution in [0.15, 0.2) is 29.3 Å². The van der Waals surface area contributed by atoms with Gasteiger partial charge < -0.3 is 10.3 Å². The molecule has 3 heteroatoms. The van der Waals surface area contributed by atoms with Crippen LogP contribution in [0.1, 0.15) is 6.92 Å². The van der Waals surface area contributed by atoms with E-state index in [0.717, 1.165) is 12.2 Å². The van der Waals surface area contributed by atoms with Gasteiger partial charge in [0.2, 0.25) is 0 Å². The van der Waals surface area contributed by atoms with Gasteiger partial charge in [-0.15, -0.1) is 11.8 Å². The third-order valence-electron chi connectivity index (χ3n) is 2.43. The van der Waals surface area contributed by atoms with Gasteiger partial charge in [-0.3, -0.25) is 0 Å². The lowest BCUT2D eigenvalue weighted by molar-refractivity contribution is 0.797. The summed E-state index contributed by atoms with van der Waals surface area (Å²) in [5, 5.41) is 1.30. The molecule has 0 bridgehead atoms. The summed E-state index contributed by atoms with van der Waals surface area (Å²) in [5.74, 6) is 0. The van der Waals surface area contributed by atoms with Crippen LogP contribution >= 0.6 is 11.8 Å². The minimum absolute atomic E-state index is 0.843. The van der Waals surface area contributed by atoms with E-state index in [1.807, 2.05) is 12.1 Å². The quantitative estimate of drug-likeness (QED) is 0.605. The number of nitrogens with zero attached hydrogens (tertiary/aromatic N) is 1. The zero-order valence-corrected chi connectivity index (χ0v) is 9.27. The molecule has 2 rings (SSSR count). The molecule has 0 radical (unpaired) electrons. The van der Waals surface area contributed by atoms with E-state index in [1.165, 1.54) is 15.8 Å². The van der Waals surface area contributed by atoms with Crippen molar-refractivity contribution in [1.82, 2.24) is 4.57 Å². The second kappa shape index (κ2) is 3.58. The molecule has 0 amide bonds. The summed E-state index contributed by atoms with van der Waals surface area (Å²) in [6.07, 6.45) is 4.20. The highest BCUT2D eigenvalue weighted by atomic mass is 32.2. The fourth-order valence-electron chi connectivity index (χ4n) is 1.73. The van der Waals surface area contributed by atoms with Gasteiger partial charge in [0.05, 0.1) is 5.52 Å². The molecule has 0 saturated heterocycles. The van der Waals surface area contributed by atoms with Gasteiger partial charge in [0.15, 0.2) is 0 Å². The molecule has 0 atom stereocenters. The van der Waals surface area contributed by atoms with E-state index in [0.29, 0.717) is 0 Å². The van der Waals surface area contributed by atoms with Crippen LogP contribution in [0.3, 0.4) is 0 Å². The van der Waals surface area contributed by atoms with Crippen LogP contribution in [0.25, 0.3) is 10.9 Å². The molecule has 0 fully saturated rings. The third-order valence-corrected chi connectivity index (χ3v) is 3.21. The maximum absolute atomic E-state index is 5.86. The van der Waals surface area contributed by atoms with E-state index in [2.05, 4.69) is 30.0 Å². The van der Waals surface area contributed by atoms with Crippen molar-refractivity contribution in [1.29, 1.82) is 0 Å². The number of benzene rings is 1. The summed E-state index contributed by atoms with van der Waals surface area (Å²) in [4.78, 5) is 1.26. The fraction of sp³-hybridized carbons (Fsp3) is 0.273. The second-order valence-corrected chi connectivity index (χ2v) is 4.11. The number of hydrogen-bond acceptors (Lipinski definition) is 2. The Morgan fingerprint density at radius 3 is 2.86 bits per heavy atom. The molecular weight excluding hydrogens is 192 g/mol. The lowest BCUT2D eigenvalue weighted by Crippen LogP contribution is -1.92. The summed E-state index contributed by atoms with van der Waals surface area (Å²) in [6, 6.07) is 6.23. The maximum Gasteiger partial charge on any atom is 0.0512 e. The largest absolute Gasteiger partial charge is 0.399 e. The Balaban J connectivity index is 2.76. The summed E-state index contributed by atoms with van der Waals surface area (Å²) in [5.41, 5.74) is 7.93. The van der Waals surface area contributed by atoms with Crippen LogP contribution < -0.4 is 5.73 Å². The van der Waals surface area contributed by atoms with Crippen LogP contribution in [-0.2, 0) is 6.54 Å². The first-order valence-electron chi connectivity index (χ1n) is 4.68. The van der Waals surface area contributed by atoms with Crippen LogP contribution in [-0.4, -0.2) is 10.8 Å². The van der Waals surface area contributed by atoms with Crippen molar-refractivity contribution in [3.8, 4) is 0 Å². The zero-order valence-electron chi connectivity index (χ0n) is 8.45. The van der Waals surface area contributed by atoms with Gasteiger partial charge in [0, 0.05) is 28.7 Å². The molecule has 0 aliphatic rings. The van der Waals surface area contributed by atoms with E-state index in [4.69, 9.17) is 5.73 Å². The van der Waals surface area contributed by atoms with Gasteiger partial charge in [0.1, 0.15) is 0 Å². The predicted molar refractivity (Wildman–Crippen MR) is 63.8 cm³/mol. The highest BCUT2D eigenvalue weighted by Gasteiger charge is 2.05. The normalized spacial score (nSPS) is 11.0. The summed E-state index contributed by atoms with van der Waals surface area (Å²) in [6.45, 7) is 3.13. The number of thioether (sulfide) groups is 1. The molecule has 2 aromatic rings. The number of nitrogens with two attached hydrogens (primary N) is 1. The number of nitrogen functional groups attached to an aromatic ring is 1. The molecule has 2 N–H and O–H groups in total. The Labute approximate surface area is 88.1 Å². The predicted octanol–water partition coefficient (Wildman–Crippen LogP) is 2.97. The molecular formula is C11H14N2S. The summed E-state index contributed by atoms with van der Waals surface area (Å²) in [7, 11) is 0. The number of hydrogen-bond donors (Lipinski definition) is 1. The molecule has 1 aromatic heterocycles. The van der Waals surface area contributed by atoms with Gasteiger partial charge in [-0.2, -0.15) is 0 Å². The number of aromatic nitrogens is 1. The van der Waals surface area contributed by atoms with E-state index in [-0.39, 0.29) is 0 Å². The molecule has 74 valence electrons. The number of anilines is 1. The third kappa shape index (κ3) is 1.38. The van der Waals surface area contributed by atoms with Gasteiger partial charge in [-0.25, -0.2) is 0 Å². The molecule has 0 aliphatic heterocycles. The molecule has 2 nitrogen and oxygen atoms in total. The van der Waals surface area contributed by atoms with Gasteiger partial charge in [-0.05, 0) is 31.4 Å². The molecule has 0 aliphatic carbocycles. The van der Waals surface area contributed by atoms with Gasteiger partial charge >= 0.3 is 0 Å². The first-order chi connectivity index (χ1) is 6.76. The highest BCUT2D eigenvalue weighted by molar-refractivity contribution is 7.98. The Morgan fingerprint density at radius 2 is 2.21 bits per heavy atom. The number of fused-ring (bicyclic) bond motifs is 1. The standard InChI is InChI=1S/C11H14N2S/c1-3-13-5-4-9-10(13)6-8(12)7-11(9)14-2/h4-7H,3,12H2,1-2H3. The number of aryl methyl sites for hydroxylation is 1. The topological polar surface area (TPSA) is 30.9 Å². The maximum atomic E-state index is 5.86. The van der Waals surface area contributed by atoms with Crippen molar-refractivity contribution in [3.63, 3.8) is 0 Å². The minimum atomic E-state index is 0.843. The highest BCUT2D eigenvalue weighted by Crippen LogP contribution is 2.29. The first kappa shape index (κ1) is 9.46. The van der Waals surface area contributed by atoms with Crippen LogP contribution in [0.2, 0.25) is 0 Å².